The molecule has 11 rings (SSSR count). The van der Waals surface area contributed by atoms with Crippen LogP contribution in [0.15, 0.2) is 187 Å². The van der Waals surface area contributed by atoms with Gasteiger partial charge in [0.1, 0.15) is 11.2 Å². The fraction of sp³-hybridized carbons (Fsp3) is 0. The molecule has 7 aromatic carbocycles. The molecule has 4 heterocycles. The summed E-state index contributed by atoms with van der Waals surface area (Å²) in [7, 11) is 0. The normalized spacial score (nSPS) is 11.5. The number of nitrogens with zero attached hydrogens (tertiary/aromatic N) is 4. The molecule has 0 aliphatic carbocycles. The molecule has 0 aliphatic rings. The van der Waals surface area contributed by atoms with E-state index in [1.807, 2.05) is 54.6 Å². The maximum absolute atomic E-state index is 9.69. The molecule has 0 saturated heterocycles. The number of fused-ring (bicyclic) bond motifs is 9. The zero-order valence-electron chi connectivity index (χ0n) is 30.5. The molecule has 0 fully saturated rings. The van der Waals surface area contributed by atoms with E-state index < -0.39 is 0 Å². The van der Waals surface area contributed by atoms with Crippen molar-refractivity contribution < 1.29 is 4.42 Å². The maximum Gasteiger partial charge on any atom is 0.143 e. The van der Waals surface area contributed by atoms with Gasteiger partial charge < -0.3 is 4.42 Å². The average Bonchev–Trinajstić information content (AvgIpc) is 3.69. The highest BCUT2D eigenvalue weighted by molar-refractivity contribution is 6.31. The molecule has 0 amide bonds. The molecule has 11 aromatic rings. The van der Waals surface area contributed by atoms with Gasteiger partial charge in [-0.1, -0.05) is 97.1 Å². The minimum atomic E-state index is 0.687. The molecule has 5 nitrogen and oxygen atoms in total. The van der Waals surface area contributed by atoms with Crippen LogP contribution in [0, 0.1) is 11.3 Å². The Balaban J connectivity index is 1.07. The van der Waals surface area contributed by atoms with E-state index in [2.05, 4.69) is 119 Å². The van der Waals surface area contributed by atoms with Crippen LogP contribution in [0.1, 0.15) is 5.56 Å². The van der Waals surface area contributed by atoms with Gasteiger partial charge >= 0.3 is 0 Å². The number of para-hydroxylation sites is 1. The molecule has 264 valence electrons. The molecule has 0 spiro atoms. The first kappa shape index (κ1) is 32.5. The molecule has 0 atom stereocenters. The lowest BCUT2D eigenvalue weighted by molar-refractivity contribution is 0.673. The summed E-state index contributed by atoms with van der Waals surface area (Å²) in [6.45, 7) is 0. The highest BCUT2D eigenvalue weighted by Gasteiger charge is 2.18. The third-order valence-corrected chi connectivity index (χ3v) is 11.1. The van der Waals surface area contributed by atoms with Crippen molar-refractivity contribution in [2.75, 3.05) is 0 Å². The number of furan rings is 1. The van der Waals surface area contributed by atoms with E-state index >= 15 is 0 Å². The van der Waals surface area contributed by atoms with Crippen LogP contribution in [0.4, 0.5) is 0 Å². The van der Waals surface area contributed by atoms with Crippen LogP contribution < -0.4 is 0 Å². The predicted octanol–water partition coefficient (Wildman–Crippen LogP) is 13.4. The third kappa shape index (κ3) is 5.43. The van der Waals surface area contributed by atoms with Crippen molar-refractivity contribution in [3.8, 4) is 62.0 Å². The summed E-state index contributed by atoms with van der Waals surface area (Å²) in [5.41, 5.74) is 12.8. The standard InChI is InChI=1S/C52H30N4O/c53-31-38-15-16-41(42-6-2-1-5-40(38)42)33-11-9-32(10-12-33)36-13-17-43-44-18-14-37(28-47(44)52-51(46(43)27-36)45-7-3-4-8-50(45)57-52)39-29-48(34-19-23-54-24-20-34)56-49(30-39)35-21-25-55-26-22-35/h1-30H. The van der Waals surface area contributed by atoms with Crippen LogP contribution in [0.25, 0.3) is 110 Å². The van der Waals surface area contributed by atoms with Gasteiger partial charge in [0, 0.05) is 57.5 Å². The maximum atomic E-state index is 9.69. The number of rotatable bonds is 5. The Morgan fingerprint density at radius 3 is 1.65 bits per heavy atom. The van der Waals surface area contributed by atoms with Crippen LogP contribution in [-0.2, 0) is 0 Å². The van der Waals surface area contributed by atoms with Crippen LogP contribution >= 0.6 is 0 Å². The first-order chi connectivity index (χ1) is 28.2. The lowest BCUT2D eigenvalue weighted by atomic mass is 9.91. The SMILES string of the molecule is N#Cc1ccc(-c2ccc(-c3ccc4c5ccc(-c6cc(-c7ccncc7)nc(-c7ccncc7)c6)cc5c5oc6ccccc6c5c4c3)cc2)c2ccccc12. The molecule has 0 N–H and O–H groups in total. The Morgan fingerprint density at radius 1 is 0.404 bits per heavy atom. The topological polar surface area (TPSA) is 75.6 Å². The predicted molar refractivity (Wildman–Crippen MR) is 232 cm³/mol. The number of hydrogen-bond donors (Lipinski definition) is 0. The van der Waals surface area contributed by atoms with E-state index in [0.717, 1.165) is 105 Å². The van der Waals surface area contributed by atoms with Crippen molar-refractivity contribution in [3.05, 3.63) is 188 Å². The fourth-order valence-corrected chi connectivity index (χ4v) is 8.34. The molecule has 5 heteroatoms. The summed E-state index contributed by atoms with van der Waals surface area (Å²) >= 11 is 0. The van der Waals surface area contributed by atoms with Gasteiger partial charge in [-0.3, -0.25) is 9.97 Å². The summed E-state index contributed by atoms with van der Waals surface area (Å²) in [6.07, 6.45) is 7.20. The zero-order chi connectivity index (χ0) is 37.9. The third-order valence-electron chi connectivity index (χ3n) is 11.1. The summed E-state index contributed by atoms with van der Waals surface area (Å²) in [4.78, 5) is 13.5. The van der Waals surface area contributed by atoms with E-state index in [4.69, 9.17) is 9.40 Å². The van der Waals surface area contributed by atoms with E-state index in [0.29, 0.717) is 5.56 Å². The van der Waals surface area contributed by atoms with Crippen molar-refractivity contribution in [2.45, 2.75) is 0 Å². The second-order valence-electron chi connectivity index (χ2n) is 14.3. The smallest absolute Gasteiger partial charge is 0.143 e. The zero-order valence-corrected chi connectivity index (χ0v) is 30.5. The molecule has 4 aromatic heterocycles. The van der Waals surface area contributed by atoms with E-state index in [1.165, 1.54) is 5.39 Å². The Bertz CT molecular complexity index is 3340. The molecule has 0 bridgehead atoms. The Labute approximate surface area is 327 Å². The van der Waals surface area contributed by atoms with Gasteiger partial charge in [0.15, 0.2) is 0 Å². The summed E-state index contributed by atoms with van der Waals surface area (Å²) in [5, 5.41) is 18.5. The average molecular weight is 727 g/mol. The van der Waals surface area contributed by atoms with Gasteiger partial charge in [0.2, 0.25) is 0 Å². The number of hydrogen-bond acceptors (Lipinski definition) is 5. The molecule has 0 aliphatic heterocycles. The van der Waals surface area contributed by atoms with E-state index in [1.54, 1.807) is 24.8 Å². The minimum absolute atomic E-state index is 0.687. The molecular formula is C52H30N4O. The van der Waals surface area contributed by atoms with Gasteiger partial charge in [-0.2, -0.15) is 5.26 Å². The van der Waals surface area contributed by atoms with Crippen molar-refractivity contribution in [2.24, 2.45) is 0 Å². The first-order valence-electron chi connectivity index (χ1n) is 18.9. The second kappa shape index (κ2) is 13.1. The van der Waals surface area contributed by atoms with Gasteiger partial charge in [-0.15, -0.1) is 0 Å². The summed E-state index contributed by atoms with van der Waals surface area (Å²) in [6, 6.07) is 57.3. The summed E-state index contributed by atoms with van der Waals surface area (Å²) < 4.78 is 6.77. The first-order valence-corrected chi connectivity index (χ1v) is 18.9. The molecule has 57 heavy (non-hydrogen) atoms. The van der Waals surface area contributed by atoms with Crippen molar-refractivity contribution in [1.82, 2.24) is 15.0 Å². The van der Waals surface area contributed by atoms with Crippen molar-refractivity contribution in [1.29, 1.82) is 5.26 Å². The minimum Gasteiger partial charge on any atom is -0.455 e. The van der Waals surface area contributed by atoms with Crippen molar-refractivity contribution in [3.63, 3.8) is 0 Å². The Hall–Kier alpha value is -7.94. The van der Waals surface area contributed by atoms with Crippen LogP contribution in [0.2, 0.25) is 0 Å². The lowest BCUT2D eigenvalue weighted by Crippen LogP contribution is -1.92. The van der Waals surface area contributed by atoms with Crippen LogP contribution in [-0.4, -0.2) is 15.0 Å². The largest absolute Gasteiger partial charge is 0.455 e. The number of nitriles is 1. The van der Waals surface area contributed by atoms with Crippen LogP contribution in [0.5, 0.6) is 0 Å². The fourth-order valence-electron chi connectivity index (χ4n) is 8.34. The van der Waals surface area contributed by atoms with Crippen LogP contribution in [0.3, 0.4) is 0 Å². The highest BCUT2D eigenvalue weighted by atomic mass is 16.3. The Kier molecular flexibility index (Phi) is 7.48. The molecule has 0 unspecified atom stereocenters. The molecular weight excluding hydrogens is 697 g/mol. The monoisotopic (exact) mass is 726 g/mol. The molecule has 0 saturated carbocycles. The highest BCUT2D eigenvalue weighted by Crippen LogP contribution is 2.44. The number of pyridine rings is 3. The van der Waals surface area contributed by atoms with E-state index in [-0.39, 0.29) is 0 Å². The van der Waals surface area contributed by atoms with Crippen molar-refractivity contribution >= 4 is 54.3 Å². The lowest BCUT2D eigenvalue weighted by Gasteiger charge is -2.13. The summed E-state index contributed by atoms with van der Waals surface area (Å²) in [5.74, 6) is 0. The number of benzene rings is 7. The van der Waals surface area contributed by atoms with Gasteiger partial charge in [0.05, 0.1) is 23.0 Å². The van der Waals surface area contributed by atoms with E-state index in [9.17, 15) is 5.26 Å². The quantitative estimate of drug-likeness (QED) is 0.165. The van der Waals surface area contributed by atoms with Gasteiger partial charge in [-0.25, -0.2) is 4.98 Å². The second-order valence-corrected chi connectivity index (χ2v) is 14.3. The molecule has 0 radical (unpaired) electrons. The van der Waals surface area contributed by atoms with Gasteiger partial charge in [0.25, 0.3) is 0 Å². The Morgan fingerprint density at radius 2 is 0.965 bits per heavy atom. The number of aromatic nitrogens is 3. The van der Waals surface area contributed by atoms with Gasteiger partial charge in [-0.05, 0) is 116 Å².